The lowest BCUT2D eigenvalue weighted by Crippen LogP contribution is -2.41. The van der Waals surface area contributed by atoms with Crippen molar-refractivity contribution in [1.29, 1.82) is 0 Å². The minimum Gasteiger partial charge on any atom is -0.381 e. The van der Waals surface area contributed by atoms with Gasteiger partial charge in [-0.05, 0) is 44.1 Å². The van der Waals surface area contributed by atoms with Gasteiger partial charge in [0, 0.05) is 32.3 Å². The second kappa shape index (κ2) is 5.03. The van der Waals surface area contributed by atoms with Crippen molar-refractivity contribution in [3.05, 3.63) is 0 Å². The molecule has 3 atom stereocenters. The summed E-state index contributed by atoms with van der Waals surface area (Å²) < 4.78 is 5.57. The van der Waals surface area contributed by atoms with Gasteiger partial charge in [0.15, 0.2) is 0 Å². The Balaban J connectivity index is 1.49. The van der Waals surface area contributed by atoms with Crippen LogP contribution in [-0.4, -0.2) is 50.3 Å². The molecule has 0 aliphatic carbocycles. The van der Waals surface area contributed by atoms with Crippen molar-refractivity contribution in [3.63, 3.8) is 0 Å². The zero-order valence-corrected chi connectivity index (χ0v) is 10.2. The first-order valence-electron chi connectivity index (χ1n) is 6.95. The van der Waals surface area contributed by atoms with Crippen molar-refractivity contribution in [2.75, 3.05) is 39.4 Å². The predicted octanol–water partition coefficient (Wildman–Crippen LogP) is 1.10. The minimum absolute atomic E-state index is 0.790. The number of nitrogens with zero attached hydrogens (tertiary/aromatic N) is 1. The largest absolute Gasteiger partial charge is 0.381 e. The van der Waals surface area contributed by atoms with Gasteiger partial charge in [-0.1, -0.05) is 0 Å². The highest BCUT2D eigenvalue weighted by atomic mass is 16.5. The molecule has 0 aromatic heterocycles. The van der Waals surface area contributed by atoms with Crippen LogP contribution in [0.2, 0.25) is 0 Å². The fraction of sp³-hybridized carbons (Fsp3) is 1.00. The normalized spacial score (nSPS) is 40.9. The molecule has 1 N–H and O–H groups in total. The number of piperidine rings is 1. The molecule has 92 valence electrons. The Labute approximate surface area is 98.5 Å². The molecule has 0 radical (unpaired) electrons. The van der Waals surface area contributed by atoms with Crippen molar-refractivity contribution >= 4 is 0 Å². The van der Waals surface area contributed by atoms with Crippen LogP contribution in [0.3, 0.4) is 0 Å². The summed E-state index contributed by atoms with van der Waals surface area (Å²) in [4.78, 5) is 2.67. The van der Waals surface area contributed by atoms with Crippen molar-refractivity contribution in [2.24, 2.45) is 11.8 Å². The van der Waals surface area contributed by atoms with Crippen molar-refractivity contribution < 1.29 is 4.74 Å². The minimum atomic E-state index is 0.790. The molecule has 3 heteroatoms. The standard InChI is InChI=1S/C13H24N2O/c1-4-12-8-15(9-13(12)14-5-1)7-11-3-2-6-16-10-11/h11-14H,1-10H2. The highest BCUT2D eigenvalue weighted by Crippen LogP contribution is 2.26. The van der Waals surface area contributed by atoms with Crippen molar-refractivity contribution in [2.45, 2.75) is 31.7 Å². The fourth-order valence-electron chi connectivity index (χ4n) is 3.60. The van der Waals surface area contributed by atoms with Gasteiger partial charge < -0.3 is 15.0 Å². The Kier molecular flexibility index (Phi) is 3.46. The maximum atomic E-state index is 5.57. The van der Waals surface area contributed by atoms with Crippen molar-refractivity contribution in [1.82, 2.24) is 10.2 Å². The average Bonchev–Trinajstić information content (AvgIpc) is 2.72. The topological polar surface area (TPSA) is 24.5 Å². The van der Waals surface area contributed by atoms with Crippen LogP contribution in [0.25, 0.3) is 0 Å². The average molecular weight is 224 g/mol. The van der Waals surface area contributed by atoms with Crippen molar-refractivity contribution in [3.8, 4) is 0 Å². The molecular weight excluding hydrogens is 200 g/mol. The quantitative estimate of drug-likeness (QED) is 0.760. The Morgan fingerprint density at radius 1 is 1.19 bits per heavy atom. The Morgan fingerprint density at radius 3 is 3.00 bits per heavy atom. The van der Waals surface area contributed by atoms with E-state index in [0.717, 1.165) is 31.1 Å². The third-order valence-corrected chi connectivity index (χ3v) is 4.45. The summed E-state index contributed by atoms with van der Waals surface area (Å²) in [7, 11) is 0. The molecule has 0 bridgehead atoms. The molecule has 0 aromatic rings. The Morgan fingerprint density at radius 2 is 2.19 bits per heavy atom. The van der Waals surface area contributed by atoms with Crippen LogP contribution < -0.4 is 5.32 Å². The first-order valence-corrected chi connectivity index (χ1v) is 6.95. The smallest absolute Gasteiger partial charge is 0.0506 e. The number of ether oxygens (including phenoxy) is 1. The predicted molar refractivity (Wildman–Crippen MR) is 64.5 cm³/mol. The van der Waals surface area contributed by atoms with Gasteiger partial charge in [0.05, 0.1) is 6.61 Å². The summed E-state index contributed by atoms with van der Waals surface area (Å²) in [6.45, 7) is 7.11. The fourth-order valence-corrected chi connectivity index (χ4v) is 3.60. The molecule has 3 heterocycles. The van der Waals surface area contributed by atoms with E-state index in [1.807, 2.05) is 0 Å². The van der Waals surface area contributed by atoms with Gasteiger partial charge in [-0.15, -0.1) is 0 Å². The van der Waals surface area contributed by atoms with Gasteiger partial charge in [-0.3, -0.25) is 0 Å². The van der Waals surface area contributed by atoms with Gasteiger partial charge in [0.2, 0.25) is 0 Å². The Hall–Kier alpha value is -0.120. The molecule has 3 nitrogen and oxygen atoms in total. The molecule has 3 unspecified atom stereocenters. The SMILES string of the molecule is C1COCC(CN2CC3CCCNC3C2)C1. The van der Waals surface area contributed by atoms with E-state index in [-0.39, 0.29) is 0 Å². The lowest BCUT2D eigenvalue weighted by atomic mass is 9.94. The summed E-state index contributed by atoms with van der Waals surface area (Å²) in [5.41, 5.74) is 0. The number of likely N-dealkylation sites (tertiary alicyclic amines) is 1. The second-order valence-electron chi connectivity index (χ2n) is 5.76. The van der Waals surface area contributed by atoms with E-state index in [0.29, 0.717) is 0 Å². The highest BCUT2D eigenvalue weighted by Gasteiger charge is 2.34. The summed E-state index contributed by atoms with van der Waals surface area (Å²) in [5.74, 6) is 1.73. The first-order chi connectivity index (χ1) is 7.92. The highest BCUT2D eigenvalue weighted by molar-refractivity contribution is 4.92. The van der Waals surface area contributed by atoms with E-state index in [1.165, 1.54) is 51.9 Å². The summed E-state index contributed by atoms with van der Waals surface area (Å²) >= 11 is 0. The van der Waals surface area contributed by atoms with Gasteiger partial charge >= 0.3 is 0 Å². The van der Waals surface area contributed by atoms with Crippen LogP contribution in [0.5, 0.6) is 0 Å². The molecule has 3 saturated heterocycles. The third kappa shape index (κ3) is 2.41. The van der Waals surface area contributed by atoms with Crippen LogP contribution in [0, 0.1) is 11.8 Å². The van der Waals surface area contributed by atoms with Crippen LogP contribution in [0.4, 0.5) is 0 Å². The lowest BCUT2D eigenvalue weighted by molar-refractivity contribution is 0.0412. The monoisotopic (exact) mass is 224 g/mol. The van der Waals surface area contributed by atoms with E-state index in [9.17, 15) is 0 Å². The maximum absolute atomic E-state index is 5.57. The second-order valence-corrected chi connectivity index (χ2v) is 5.76. The van der Waals surface area contributed by atoms with E-state index in [2.05, 4.69) is 10.2 Å². The molecule has 0 amide bonds. The first kappa shape index (κ1) is 11.0. The molecule has 3 fully saturated rings. The Bertz CT molecular complexity index is 214. The molecule has 0 saturated carbocycles. The molecular formula is C13H24N2O. The number of hydrogen-bond donors (Lipinski definition) is 1. The molecule has 0 aromatic carbocycles. The third-order valence-electron chi connectivity index (χ3n) is 4.45. The summed E-state index contributed by atoms with van der Waals surface area (Å²) in [6, 6.07) is 0.790. The van der Waals surface area contributed by atoms with Gasteiger partial charge in [-0.2, -0.15) is 0 Å². The number of nitrogens with one attached hydrogen (secondary N) is 1. The number of rotatable bonds is 2. The van der Waals surface area contributed by atoms with Crippen LogP contribution in [0.1, 0.15) is 25.7 Å². The molecule has 3 aliphatic heterocycles. The van der Waals surface area contributed by atoms with Crippen LogP contribution in [0.15, 0.2) is 0 Å². The van der Waals surface area contributed by atoms with Gasteiger partial charge in [0.25, 0.3) is 0 Å². The van der Waals surface area contributed by atoms with Crippen LogP contribution in [-0.2, 0) is 4.74 Å². The van der Waals surface area contributed by atoms with E-state index in [1.54, 1.807) is 0 Å². The van der Waals surface area contributed by atoms with E-state index < -0.39 is 0 Å². The van der Waals surface area contributed by atoms with E-state index >= 15 is 0 Å². The van der Waals surface area contributed by atoms with Gasteiger partial charge in [0.1, 0.15) is 0 Å². The maximum Gasteiger partial charge on any atom is 0.0506 e. The lowest BCUT2D eigenvalue weighted by Gasteiger charge is -2.26. The summed E-state index contributed by atoms with van der Waals surface area (Å²) in [5, 5.41) is 3.68. The zero-order chi connectivity index (χ0) is 10.8. The molecule has 16 heavy (non-hydrogen) atoms. The number of fused-ring (bicyclic) bond motifs is 1. The van der Waals surface area contributed by atoms with Crippen LogP contribution >= 0.6 is 0 Å². The molecule has 3 rings (SSSR count). The van der Waals surface area contributed by atoms with E-state index in [4.69, 9.17) is 4.74 Å². The molecule has 3 aliphatic rings. The van der Waals surface area contributed by atoms with Gasteiger partial charge in [-0.25, -0.2) is 0 Å². The zero-order valence-electron chi connectivity index (χ0n) is 10.2. The summed E-state index contributed by atoms with van der Waals surface area (Å²) in [6.07, 6.45) is 5.46. The number of hydrogen-bond acceptors (Lipinski definition) is 3. The molecule has 0 spiro atoms.